The van der Waals surface area contributed by atoms with E-state index in [4.69, 9.17) is 4.74 Å². The molecule has 0 unspecified atom stereocenters. The van der Waals surface area contributed by atoms with Crippen LogP contribution in [0.2, 0.25) is 0 Å². The average molecular weight is 366 g/mol. The first-order valence-corrected chi connectivity index (χ1v) is 8.80. The van der Waals surface area contributed by atoms with E-state index in [9.17, 15) is 14.9 Å². The number of carbonyl (C=O) groups is 1. The van der Waals surface area contributed by atoms with Crippen LogP contribution in [-0.2, 0) is 4.74 Å². The van der Waals surface area contributed by atoms with E-state index in [0.717, 1.165) is 25.3 Å². The van der Waals surface area contributed by atoms with Gasteiger partial charge in [-0.2, -0.15) is 0 Å². The fourth-order valence-electron chi connectivity index (χ4n) is 2.35. The van der Waals surface area contributed by atoms with Crippen molar-refractivity contribution in [3.05, 3.63) is 28.3 Å². The Morgan fingerprint density at radius 1 is 1.35 bits per heavy atom. The van der Waals surface area contributed by atoms with E-state index < -0.39 is 16.6 Å². The molecule has 1 aromatic rings. The van der Waals surface area contributed by atoms with E-state index in [1.807, 2.05) is 11.8 Å². The summed E-state index contributed by atoms with van der Waals surface area (Å²) in [4.78, 5) is 24.9. The highest BCUT2D eigenvalue weighted by atomic mass is 16.6. The summed E-state index contributed by atoms with van der Waals surface area (Å²) in [6, 6.07) is 5.16. The van der Waals surface area contributed by atoms with Crippen LogP contribution >= 0.6 is 0 Å². The minimum atomic E-state index is -0.721. The molecule has 1 aromatic carbocycles. The van der Waals surface area contributed by atoms with E-state index in [2.05, 4.69) is 24.5 Å². The van der Waals surface area contributed by atoms with Crippen LogP contribution in [0, 0.1) is 10.1 Å². The second kappa shape index (κ2) is 9.38. The molecule has 1 rings (SSSR count). The number of rotatable bonds is 8. The molecule has 1 amide bonds. The molecule has 8 nitrogen and oxygen atoms in total. The molecular weight excluding hydrogens is 336 g/mol. The summed E-state index contributed by atoms with van der Waals surface area (Å²) < 4.78 is 5.16. The molecule has 0 atom stereocenters. The average Bonchev–Trinajstić information content (AvgIpc) is 2.49. The van der Waals surface area contributed by atoms with Crippen LogP contribution in [0.25, 0.3) is 0 Å². The first-order chi connectivity index (χ1) is 12.0. The van der Waals surface area contributed by atoms with Crippen LogP contribution in [0.4, 0.5) is 21.9 Å². The molecule has 0 aromatic heterocycles. The van der Waals surface area contributed by atoms with Crippen molar-refractivity contribution in [2.24, 2.45) is 0 Å². The lowest BCUT2D eigenvalue weighted by molar-refractivity contribution is -0.383. The minimum absolute atomic E-state index is 0.115. The number of benzene rings is 1. The van der Waals surface area contributed by atoms with Crippen LogP contribution in [0.1, 0.15) is 41.5 Å². The second-order valence-electron chi connectivity index (χ2n) is 7.27. The SMILES string of the molecule is CCN(CCNC(C)C)c1ccc(NC(=O)OC(C)(C)C)c([N+](=O)[O-])c1. The summed E-state index contributed by atoms with van der Waals surface area (Å²) in [5.41, 5.74) is 0.00815. The van der Waals surface area contributed by atoms with Gasteiger partial charge in [0, 0.05) is 37.4 Å². The Hall–Kier alpha value is -2.35. The summed E-state index contributed by atoms with van der Waals surface area (Å²) in [7, 11) is 0. The Morgan fingerprint density at radius 2 is 2.00 bits per heavy atom. The summed E-state index contributed by atoms with van der Waals surface area (Å²) >= 11 is 0. The zero-order valence-electron chi connectivity index (χ0n) is 16.5. The number of hydrogen-bond donors (Lipinski definition) is 2. The van der Waals surface area contributed by atoms with E-state index in [-0.39, 0.29) is 11.4 Å². The molecule has 2 N–H and O–H groups in total. The topological polar surface area (TPSA) is 96.7 Å². The molecule has 0 spiro atoms. The number of nitro groups is 1. The second-order valence-corrected chi connectivity index (χ2v) is 7.27. The van der Waals surface area contributed by atoms with Crippen molar-refractivity contribution in [2.45, 2.75) is 53.2 Å². The fraction of sp³-hybridized carbons (Fsp3) is 0.611. The number of likely N-dealkylation sites (N-methyl/N-ethyl adjacent to an activating group) is 1. The number of nitrogens with zero attached hydrogens (tertiary/aromatic N) is 2. The lowest BCUT2D eigenvalue weighted by Crippen LogP contribution is -2.34. The quantitative estimate of drug-likeness (QED) is 0.537. The standard InChI is InChI=1S/C18H30N4O4/c1-7-21(11-10-19-13(2)3)14-8-9-15(16(12-14)22(24)25)20-17(23)26-18(4,5)6/h8-9,12-13,19H,7,10-11H2,1-6H3,(H,20,23). The van der Waals surface area contributed by atoms with Crippen molar-refractivity contribution in [1.29, 1.82) is 0 Å². The van der Waals surface area contributed by atoms with Crippen LogP contribution in [0.5, 0.6) is 0 Å². The normalized spacial score (nSPS) is 11.3. The van der Waals surface area contributed by atoms with Gasteiger partial charge in [0.1, 0.15) is 11.3 Å². The first-order valence-electron chi connectivity index (χ1n) is 8.80. The molecular formula is C18H30N4O4. The molecule has 0 aliphatic carbocycles. The molecule has 146 valence electrons. The lowest BCUT2D eigenvalue weighted by Gasteiger charge is -2.24. The number of ether oxygens (including phenoxy) is 1. The Balaban J connectivity index is 2.96. The lowest BCUT2D eigenvalue weighted by atomic mass is 10.2. The number of amides is 1. The monoisotopic (exact) mass is 366 g/mol. The van der Waals surface area contributed by atoms with Gasteiger partial charge < -0.3 is 15.0 Å². The highest BCUT2D eigenvalue weighted by molar-refractivity contribution is 5.88. The van der Waals surface area contributed by atoms with Crippen LogP contribution in [-0.4, -0.2) is 42.3 Å². The number of hydrogen-bond acceptors (Lipinski definition) is 6. The molecule has 0 aliphatic heterocycles. The van der Waals surface area contributed by atoms with Gasteiger partial charge in [-0.15, -0.1) is 0 Å². The highest BCUT2D eigenvalue weighted by Crippen LogP contribution is 2.30. The highest BCUT2D eigenvalue weighted by Gasteiger charge is 2.22. The van der Waals surface area contributed by atoms with Gasteiger partial charge in [-0.05, 0) is 39.8 Å². The number of nitro benzene ring substituents is 1. The van der Waals surface area contributed by atoms with Crippen molar-refractivity contribution < 1.29 is 14.5 Å². The molecule has 8 heteroatoms. The Morgan fingerprint density at radius 3 is 2.50 bits per heavy atom. The summed E-state index contributed by atoms with van der Waals surface area (Å²) in [6.07, 6.45) is -0.721. The molecule has 0 bridgehead atoms. The van der Waals surface area contributed by atoms with Crippen LogP contribution in [0.3, 0.4) is 0 Å². The molecule has 0 fully saturated rings. The van der Waals surface area contributed by atoms with Gasteiger partial charge in [0.25, 0.3) is 5.69 Å². The first kappa shape index (κ1) is 21.7. The zero-order valence-corrected chi connectivity index (χ0v) is 16.5. The molecule has 0 radical (unpaired) electrons. The smallest absolute Gasteiger partial charge is 0.412 e. The summed E-state index contributed by atoms with van der Waals surface area (Å²) in [6.45, 7) is 13.5. The third-order valence-corrected chi connectivity index (χ3v) is 3.49. The Kier molecular flexibility index (Phi) is 7.82. The van der Waals surface area contributed by atoms with Crippen LogP contribution in [0.15, 0.2) is 18.2 Å². The van der Waals surface area contributed by atoms with Gasteiger partial charge in [-0.1, -0.05) is 13.8 Å². The number of carbonyl (C=O) groups excluding carboxylic acids is 1. The predicted molar refractivity (Wildman–Crippen MR) is 104 cm³/mol. The van der Waals surface area contributed by atoms with Crippen molar-refractivity contribution in [3.63, 3.8) is 0 Å². The van der Waals surface area contributed by atoms with E-state index >= 15 is 0 Å². The van der Waals surface area contributed by atoms with Crippen molar-refractivity contribution in [3.8, 4) is 0 Å². The fourth-order valence-corrected chi connectivity index (χ4v) is 2.35. The molecule has 0 heterocycles. The number of anilines is 2. The van der Waals surface area contributed by atoms with Gasteiger partial charge in [0.2, 0.25) is 0 Å². The third kappa shape index (κ3) is 7.26. The van der Waals surface area contributed by atoms with Gasteiger partial charge in [0.15, 0.2) is 0 Å². The maximum absolute atomic E-state index is 11.9. The van der Waals surface area contributed by atoms with Gasteiger partial charge >= 0.3 is 6.09 Å². The third-order valence-electron chi connectivity index (χ3n) is 3.49. The summed E-state index contributed by atoms with van der Waals surface area (Å²) in [5.74, 6) is 0. The van der Waals surface area contributed by atoms with Gasteiger partial charge in [0.05, 0.1) is 4.92 Å². The molecule has 0 saturated heterocycles. The largest absolute Gasteiger partial charge is 0.444 e. The molecule has 0 aliphatic rings. The Bertz CT molecular complexity index is 626. The molecule has 0 saturated carbocycles. The maximum Gasteiger partial charge on any atom is 0.412 e. The Labute approximate surface area is 155 Å². The van der Waals surface area contributed by atoms with Gasteiger partial charge in [-0.3, -0.25) is 15.4 Å². The van der Waals surface area contributed by atoms with Crippen molar-refractivity contribution in [2.75, 3.05) is 29.9 Å². The zero-order chi connectivity index (χ0) is 19.9. The maximum atomic E-state index is 11.9. The van der Waals surface area contributed by atoms with Crippen molar-refractivity contribution in [1.82, 2.24) is 5.32 Å². The predicted octanol–water partition coefficient (Wildman–Crippen LogP) is 3.77. The van der Waals surface area contributed by atoms with Crippen molar-refractivity contribution >= 4 is 23.2 Å². The van der Waals surface area contributed by atoms with E-state index in [1.54, 1.807) is 26.8 Å². The molecule has 26 heavy (non-hydrogen) atoms. The van der Waals surface area contributed by atoms with E-state index in [1.165, 1.54) is 12.1 Å². The minimum Gasteiger partial charge on any atom is -0.444 e. The van der Waals surface area contributed by atoms with E-state index in [0.29, 0.717) is 6.04 Å². The summed E-state index contributed by atoms with van der Waals surface area (Å²) in [5, 5.41) is 17.2. The number of nitrogens with one attached hydrogen (secondary N) is 2. The van der Waals surface area contributed by atoms with Gasteiger partial charge in [-0.25, -0.2) is 4.79 Å². The van der Waals surface area contributed by atoms with Crippen LogP contribution < -0.4 is 15.5 Å².